The molecule has 2 aliphatic heterocycles. The van der Waals surface area contributed by atoms with Crippen molar-refractivity contribution in [2.75, 3.05) is 5.75 Å². The molecule has 19 heavy (non-hydrogen) atoms. The van der Waals surface area contributed by atoms with E-state index in [4.69, 9.17) is 9.52 Å². The molecule has 1 N–H and O–H groups in total. The molecule has 3 rings (SSSR count). The molecule has 0 saturated carbocycles. The number of aliphatic carboxylic acids is 1. The topological polar surface area (TPSA) is 83.6 Å². The van der Waals surface area contributed by atoms with E-state index in [1.807, 2.05) is 6.92 Å². The van der Waals surface area contributed by atoms with Crippen molar-refractivity contribution in [2.45, 2.75) is 25.3 Å². The Morgan fingerprint density at radius 3 is 2.89 bits per heavy atom. The number of amides is 1. The van der Waals surface area contributed by atoms with Gasteiger partial charge in [0.1, 0.15) is 11.4 Å². The normalized spacial score (nSPS) is 27.6. The van der Waals surface area contributed by atoms with Gasteiger partial charge in [-0.05, 0) is 13.0 Å². The fourth-order valence-corrected chi connectivity index (χ4v) is 3.75. The van der Waals surface area contributed by atoms with E-state index in [9.17, 15) is 9.59 Å². The molecule has 2 atom stereocenters. The van der Waals surface area contributed by atoms with Crippen LogP contribution in [0.3, 0.4) is 0 Å². The quantitative estimate of drug-likeness (QED) is 0.644. The Kier molecular flexibility index (Phi) is 2.67. The molecule has 6 nitrogen and oxygen atoms in total. The van der Waals surface area contributed by atoms with Gasteiger partial charge < -0.3 is 14.4 Å². The minimum atomic E-state index is -0.950. The molecule has 1 unspecified atom stereocenters. The minimum absolute atomic E-state index is 0.168. The molecule has 0 aliphatic carbocycles. The lowest BCUT2D eigenvalue weighted by molar-refractivity contribution is -0.150. The predicted octanol–water partition coefficient (Wildman–Crippen LogP) is 1.04. The van der Waals surface area contributed by atoms with E-state index in [0.29, 0.717) is 23.0 Å². The molecule has 0 bridgehead atoms. The van der Waals surface area contributed by atoms with Gasteiger partial charge in [0, 0.05) is 12.7 Å². The van der Waals surface area contributed by atoms with Gasteiger partial charge in [0.05, 0.1) is 11.3 Å². The van der Waals surface area contributed by atoms with Gasteiger partial charge in [-0.3, -0.25) is 4.79 Å². The Bertz CT molecular complexity index is 607. The Balaban J connectivity index is 1.88. The summed E-state index contributed by atoms with van der Waals surface area (Å²) in [6.07, 6.45) is 1.68. The van der Waals surface area contributed by atoms with Crippen LogP contribution in [0.1, 0.15) is 17.3 Å². The number of hydrogen-bond acceptors (Lipinski definition) is 5. The highest BCUT2D eigenvalue weighted by Crippen LogP contribution is 2.44. The van der Waals surface area contributed by atoms with Crippen molar-refractivity contribution in [3.63, 3.8) is 0 Å². The van der Waals surface area contributed by atoms with Gasteiger partial charge in [0.15, 0.2) is 11.7 Å². The Hall–Kier alpha value is -1.76. The fraction of sp³-hybridized carbons (Fsp3) is 0.417. The smallest absolute Gasteiger partial charge is 0.327 e. The number of β-lactam (4-membered cyclic amide) rings is 1. The number of rotatable bonds is 2. The summed E-state index contributed by atoms with van der Waals surface area (Å²) in [7, 11) is 0. The highest BCUT2D eigenvalue weighted by atomic mass is 32.2. The second kappa shape index (κ2) is 4.12. The van der Waals surface area contributed by atoms with Gasteiger partial charge in [-0.15, -0.1) is 11.8 Å². The van der Waals surface area contributed by atoms with Crippen LogP contribution in [0.5, 0.6) is 0 Å². The molecule has 3 heterocycles. The van der Waals surface area contributed by atoms with Gasteiger partial charge in [0.2, 0.25) is 0 Å². The lowest BCUT2D eigenvalue weighted by Crippen LogP contribution is -2.56. The molecule has 1 amide bonds. The number of carbonyl (C=O) groups is 2. The summed E-state index contributed by atoms with van der Waals surface area (Å²) in [5, 5.41) is 8.85. The average molecular weight is 280 g/mol. The third-order valence-corrected chi connectivity index (χ3v) is 4.56. The van der Waals surface area contributed by atoms with Gasteiger partial charge in [-0.2, -0.15) is 0 Å². The molecule has 0 aromatic carbocycles. The van der Waals surface area contributed by atoms with Crippen LogP contribution in [0.4, 0.5) is 0 Å². The SMILES string of the molecule is Cc1nc(C)c(C=C2C(=O)N3C(C(=O)O)CS[C@H]23)o1. The van der Waals surface area contributed by atoms with Gasteiger partial charge in [-0.25, -0.2) is 9.78 Å². The van der Waals surface area contributed by atoms with E-state index >= 15 is 0 Å². The van der Waals surface area contributed by atoms with Crippen molar-refractivity contribution < 1.29 is 19.1 Å². The maximum Gasteiger partial charge on any atom is 0.327 e. The summed E-state index contributed by atoms with van der Waals surface area (Å²) < 4.78 is 5.41. The van der Waals surface area contributed by atoms with Crippen LogP contribution in [0.2, 0.25) is 0 Å². The number of hydrogen-bond donors (Lipinski definition) is 1. The third-order valence-electron chi connectivity index (χ3n) is 3.26. The molecule has 2 aliphatic rings. The highest BCUT2D eigenvalue weighted by molar-refractivity contribution is 8.00. The molecular formula is C12H12N2O4S. The van der Waals surface area contributed by atoms with E-state index in [-0.39, 0.29) is 11.3 Å². The van der Waals surface area contributed by atoms with Gasteiger partial charge >= 0.3 is 5.97 Å². The molecular weight excluding hydrogens is 268 g/mol. The average Bonchev–Trinajstić information content (AvgIpc) is 2.87. The number of oxazole rings is 1. The first kappa shape index (κ1) is 12.3. The first-order valence-electron chi connectivity index (χ1n) is 5.81. The summed E-state index contributed by atoms with van der Waals surface area (Å²) >= 11 is 1.47. The Labute approximate surface area is 113 Å². The zero-order valence-corrected chi connectivity index (χ0v) is 11.2. The number of nitrogens with zero attached hydrogens (tertiary/aromatic N) is 2. The molecule has 2 saturated heterocycles. The summed E-state index contributed by atoms with van der Waals surface area (Å²) in [4.78, 5) is 28.6. The van der Waals surface area contributed by atoms with Crippen LogP contribution < -0.4 is 0 Å². The highest BCUT2D eigenvalue weighted by Gasteiger charge is 2.53. The number of aromatic nitrogens is 1. The molecule has 7 heteroatoms. The van der Waals surface area contributed by atoms with E-state index in [0.717, 1.165) is 5.69 Å². The summed E-state index contributed by atoms with van der Waals surface area (Å²) in [5.74, 6) is 0.373. The van der Waals surface area contributed by atoms with E-state index in [1.54, 1.807) is 13.0 Å². The number of aryl methyl sites for hydroxylation is 2. The summed E-state index contributed by atoms with van der Waals surface area (Å²) in [6.45, 7) is 3.56. The third kappa shape index (κ3) is 1.76. The first-order valence-corrected chi connectivity index (χ1v) is 6.86. The van der Waals surface area contributed by atoms with Crippen molar-refractivity contribution in [1.29, 1.82) is 0 Å². The second-order valence-corrected chi connectivity index (χ2v) is 5.65. The number of thioether (sulfide) groups is 1. The van der Waals surface area contributed by atoms with Gasteiger partial charge in [-0.1, -0.05) is 0 Å². The van der Waals surface area contributed by atoms with Crippen LogP contribution in [0.25, 0.3) is 6.08 Å². The molecule has 0 spiro atoms. The number of carboxylic acid groups (broad SMARTS) is 1. The zero-order chi connectivity index (χ0) is 13.7. The maximum atomic E-state index is 12.0. The first-order chi connectivity index (χ1) is 8.99. The van der Waals surface area contributed by atoms with Crippen LogP contribution in [0, 0.1) is 13.8 Å². The lowest BCUT2D eigenvalue weighted by Gasteiger charge is -2.38. The Morgan fingerprint density at radius 1 is 1.58 bits per heavy atom. The molecule has 2 fully saturated rings. The summed E-state index contributed by atoms with van der Waals surface area (Å²) in [6, 6.07) is -0.711. The fourth-order valence-electron chi connectivity index (χ4n) is 2.33. The molecule has 1 aromatic rings. The van der Waals surface area contributed by atoms with Crippen molar-refractivity contribution >= 4 is 29.7 Å². The van der Waals surface area contributed by atoms with Crippen molar-refractivity contribution in [2.24, 2.45) is 0 Å². The number of carbonyl (C=O) groups excluding carboxylic acids is 1. The molecule has 0 radical (unpaired) electrons. The standard InChI is InChI=1S/C12H12N2O4S/c1-5-9(18-6(2)13-5)3-7-10(15)14-8(12(16)17)4-19-11(7)14/h3,8,11H,4H2,1-2H3,(H,16,17)/t8?,11-/m1/s1. The zero-order valence-electron chi connectivity index (χ0n) is 10.4. The predicted molar refractivity (Wildman–Crippen MR) is 68.5 cm³/mol. The second-order valence-electron chi connectivity index (χ2n) is 4.53. The van der Waals surface area contributed by atoms with Gasteiger partial charge in [0.25, 0.3) is 5.91 Å². The minimum Gasteiger partial charge on any atom is -0.480 e. The Morgan fingerprint density at radius 2 is 2.32 bits per heavy atom. The van der Waals surface area contributed by atoms with Crippen LogP contribution >= 0.6 is 11.8 Å². The van der Waals surface area contributed by atoms with E-state index < -0.39 is 12.0 Å². The van der Waals surface area contributed by atoms with Crippen molar-refractivity contribution in [3.8, 4) is 0 Å². The maximum absolute atomic E-state index is 12.0. The van der Waals surface area contributed by atoms with Crippen molar-refractivity contribution in [1.82, 2.24) is 9.88 Å². The largest absolute Gasteiger partial charge is 0.480 e. The van der Waals surface area contributed by atoms with Crippen LogP contribution in [-0.2, 0) is 9.59 Å². The monoisotopic (exact) mass is 280 g/mol. The lowest BCUT2D eigenvalue weighted by atomic mass is 10.0. The van der Waals surface area contributed by atoms with Crippen LogP contribution in [0.15, 0.2) is 9.99 Å². The van der Waals surface area contributed by atoms with Crippen molar-refractivity contribution in [3.05, 3.63) is 22.9 Å². The molecule has 100 valence electrons. The number of fused-ring (bicyclic) bond motifs is 1. The number of carboxylic acids is 1. The molecule has 1 aromatic heterocycles. The van der Waals surface area contributed by atoms with E-state index in [1.165, 1.54) is 16.7 Å². The van der Waals surface area contributed by atoms with Crippen LogP contribution in [-0.4, -0.2) is 44.0 Å². The van der Waals surface area contributed by atoms with E-state index in [2.05, 4.69) is 4.98 Å². The summed E-state index contributed by atoms with van der Waals surface area (Å²) in [5.41, 5.74) is 1.32.